The highest BCUT2D eigenvalue weighted by Gasteiger charge is 2.16. The van der Waals surface area contributed by atoms with Gasteiger partial charge in [-0.05, 0) is 22.0 Å². The Balaban J connectivity index is 2.03. The number of imidazole rings is 1. The second kappa shape index (κ2) is 5.14. The van der Waals surface area contributed by atoms with E-state index in [0.29, 0.717) is 28.0 Å². The average Bonchev–Trinajstić information content (AvgIpc) is 3.01. The number of fused-ring (bicyclic) bond motifs is 1. The van der Waals surface area contributed by atoms with Crippen LogP contribution in [0, 0.1) is 5.82 Å². The maximum atomic E-state index is 13.7. The highest BCUT2D eigenvalue weighted by atomic mass is 79.9. The van der Waals surface area contributed by atoms with Crippen molar-refractivity contribution in [2.24, 2.45) is 0 Å². The van der Waals surface area contributed by atoms with Crippen LogP contribution in [0.3, 0.4) is 0 Å². The Labute approximate surface area is 127 Å². The van der Waals surface area contributed by atoms with Gasteiger partial charge >= 0.3 is 0 Å². The molecule has 0 radical (unpaired) electrons. The number of hydrogen-bond donors (Lipinski definition) is 1. The van der Waals surface area contributed by atoms with Gasteiger partial charge in [-0.15, -0.1) is 11.3 Å². The third kappa shape index (κ3) is 2.31. The number of nitrogens with zero attached hydrogens (tertiary/aromatic N) is 3. The molecule has 0 saturated heterocycles. The number of aromatic nitrogens is 3. The van der Waals surface area contributed by atoms with Gasteiger partial charge in [0.2, 0.25) is 5.95 Å². The quantitative estimate of drug-likeness (QED) is 0.778. The Morgan fingerprint density at radius 2 is 2.30 bits per heavy atom. The molecule has 0 bridgehead atoms. The molecular weight excluding hydrogens is 343 g/mol. The van der Waals surface area contributed by atoms with Crippen LogP contribution in [-0.2, 0) is 6.54 Å². The number of halogens is 2. The lowest BCUT2D eigenvalue weighted by atomic mass is 10.2. The van der Waals surface area contributed by atoms with Gasteiger partial charge in [-0.1, -0.05) is 6.92 Å². The third-order valence-corrected chi connectivity index (χ3v) is 4.76. The molecule has 1 aromatic carbocycles. The van der Waals surface area contributed by atoms with Crippen LogP contribution in [0.1, 0.15) is 17.8 Å². The van der Waals surface area contributed by atoms with Crippen LogP contribution in [0.15, 0.2) is 28.2 Å². The van der Waals surface area contributed by atoms with Gasteiger partial charge in [0.1, 0.15) is 5.82 Å². The first-order valence-electron chi connectivity index (χ1n) is 6.06. The fourth-order valence-electron chi connectivity index (χ4n) is 2.16. The molecule has 0 aliphatic rings. The molecule has 0 aliphatic heterocycles. The van der Waals surface area contributed by atoms with Gasteiger partial charge in [0.05, 0.1) is 20.5 Å². The molecule has 0 aliphatic carbocycles. The van der Waals surface area contributed by atoms with Crippen LogP contribution in [-0.4, -0.2) is 14.5 Å². The first-order valence-corrected chi connectivity index (χ1v) is 7.73. The summed E-state index contributed by atoms with van der Waals surface area (Å²) in [6.45, 7) is 2.69. The molecule has 2 aromatic heterocycles. The van der Waals surface area contributed by atoms with Crippen molar-refractivity contribution < 1.29 is 4.39 Å². The van der Waals surface area contributed by atoms with E-state index in [4.69, 9.17) is 5.73 Å². The van der Waals surface area contributed by atoms with Crippen LogP contribution in [0.2, 0.25) is 0 Å². The molecule has 20 heavy (non-hydrogen) atoms. The predicted octanol–water partition coefficient (Wildman–Crippen LogP) is 3.78. The van der Waals surface area contributed by atoms with Gasteiger partial charge < -0.3 is 10.3 Å². The van der Waals surface area contributed by atoms with E-state index in [1.54, 1.807) is 23.6 Å². The number of thiazole rings is 1. The van der Waals surface area contributed by atoms with Crippen molar-refractivity contribution in [3.63, 3.8) is 0 Å². The molecule has 0 fully saturated rings. The lowest BCUT2D eigenvalue weighted by molar-refractivity contribution is 0.605. The lowest BCUT2D eigenvalue weighted by Crippen LogP contribution is -2.09. The van der Waals surface area contributed by atoms with Crippen LogP contribution in [0.25, 0.3) is 11.0 Å². The van der Waals surface area contributed by atoms with Crippen molar-refractivity contribution in [3.05, 3.63) is 39.0 Å². The normalized spacial score (nSPS) is 12.9. The molecule has 3 rings (SSSR count). The van der Waals surface area contributed by atoms with Gasteiger partial charge in [0.15, 0.2) is 0 Å². The smallest absolute Gasteiger partial charge is 0.201 e. The van der Waals surface area contributed by atoms with E-state index in [1.165, 1.54) is 6.07 Å². The summed E-state index contributed by atoms with van der Waals surface area (Å²) in [5.41, 5.74) is 7.34. The van der Waals surface area contributed by atoms with E-state index in [2.05, 4.69) is 32.8 Å². The van der Waals surface area contributed by atoms with Crippen molar-refractivity contribution in [2.45, 2.75) is 19.4 Å². The first kappa shape index (κ1) is 13.5. The summed E-state index contributed by atoms with van der Waals surface area (Å²) in [6, 6.07) is 3.10. The minimum Gasteiger partial charge on any atom is -0.369 e. The monoisotopic (exact) mass is 354 g/mol. The zero-order valence-electron chi connectivity index (χ0n) is 10.7. The zero-order valence-corrected chi connectivity index (χ0v) is 13.1. The summed E-state index contributed by atoms with van der Waals surface area (Å²) in [4.78, 5) is 8.58. The van der Waals surface area contributed by atoms with Crippen molar-refractivity contribution in [2.75, 3.05) is 5.73 Å². The molecule has 3 aromatic rings. The topological polar surface area (TPSA) is 56.7 Å². The van der Waals surface area contributed by atoms with Gasteiger partial charge in [0.25, 0.3) is 0 Å². The van der Waals surface area contributed by atoms with E-state index < -0.39 is 0 Å². The third-order valence-electron chi connectivity index (χ3n) is 3.15. The molecule has 1 unspecified atom stereocenters. The van der Waals surface area contributed by atoms with Crippen LogP contribution >= 0.6 is 27.3 Å². The molecule has 7 heteroatoms. The highest BCUT2D eigenvalue weighted by Crippen LogP contribution is 2.28. The summed E-state index contributed by atoms with van der Waals surface area (Å²) >= 11 is 4.76. The van der Waals surface area contributed by atoms with E-state index in [9.17, 15) is 4.39 Å². The van der Waals surface area contributed by atoms with E-state index in [1.807, 2.05) is 9.95 Å². The summed E-state index contributed by atoms with van der Waals surface area (Å²) in [6.07, 6.45) is 1.78. The minimum atomic E-state index is -0.319. The summed E-state index contributed by atoms with van der Waals surface area (Å²) in [5, 5.41) is 2.97. The molecule has 0 saturated carbocycles. The van der Waals surface area contributed by atoms with Gasteiger partial charge in [-0.2, -0.15) is 0 Å². The van der Waals surface area contributed by atoms with Crippen molar-refractivity contribution >= 4 is 44.2 Å². The van der Waals surface area contributed by atoms with E-state index in [0.717, 1.165) is 5.01 Å². The predicted molar refractivity (Wildman–Crippen MR) is 82.3 cm³/mol. The fourth-order valence-corrected chi connectivity index (χ4v) is 3.18. The molecule has 2 heterocycles. The number of hydrogen-bond acceptors (Lipinski definition) is 4. The minimum absolute atomic E-state index is 0.196. The van der Waals surface area contributed by atoms with E-state index >= 15 is 0 Å². The Bertz CT molecular complexity index is 753. The van der Waals surface area contributed by atoms with Gasteiger partial charge in [-0.3, -0.25) is 0 Å². The Morgan fingerprint density at radius 1 is 1.50 bits per heavy atom. The number of benzene rings is 1. The largest absolute Gasteiger partial charge is 0.369 e. The maximum absolute atomic E-state index is 13.7. The summed E-state index contributed by atoms with van der Waals surface area (Å²) in [5.74, 6) is 0.267. The second-order valence-electron chi connectivity index (χ2n) is 4.61. The van der Waals surface area contributed by atoms with Crippen molar-refractivity contribution in [1.29, 1.82) is 0 Å². The average molecular weight is 355 g/mol. The standard InChI is InChI=1S/C13H12BrFN4S/c1-7(12-17-2-3-20-12)6-19-11-5-9(15)8(14)4-10(11)18-13(19)16/h2-5,7H,6H2,1H3,(H2,16,18). The first-order chi connectivity index (χ1) is 9.56. The zero-order chi connectivity index (χ0) is 14.3. The molecule has 2 N–H and O–H groups in total. The summed E-state index contributed by atoms with van der Waals surface area (Å²) in [7, 11) is 0. The lowest BCUT2D eigenvalue weighted by Gasteiger charge is -2.11. The second-order valence-corrected chi connectivity index (χ2v) is 6.39. The Hall–Kier alpha value is -1.47. The number of anilines is 1. The molecule has 104 valence electrons. The van der Waals surface area contributed by atoms with Crippen molar-refractivity contribution in [1.82, 2.24) is 14.5 Å². The van der Waals surface area contributed by atoms with Crippen LogP contribution in [0.5, 0.6) is 0 Å². The molecular formula is C13H12BrFN4S. The Morgan fingerprint density at radius 3 is 3.00 bits per heavy atom. The van der Waals surface area contributed by atoms with Gasteiger partial charge in [0, 0.05) is 30.1 Å². The number of rotatable bonds is 3. The molecule has 0 amide bonds. The number of nitrogen functional groups attached to an aromatic ring is 1. The van der Waals surface area contributed by atoms with Crippen LogP contribution < -0.4 is 5.73 Å². The van der Waals surface area contributed by atoms with Crippen molar-refractivity contribution in [3.8, 4) is 0 Å². The maximum Gasteiger partial charge on any atom is 0.201 e. The Kier molecular flexibility index (Phi) is 3.47. The molecule has 1 atom stereocenters. The highest BCUT2D eigenvalue weighted by molar-refractivity contribution is 9.10. The van der Waals surface area contributed by atoms with E-state index in [-0.39, 0.29) is 11.7 Å². The SMILES string of the molecule is CC(Cn1c(N)nc2cc(Br)c(F)cc21)c1nccs1. The molecule has 0 spiro atoms. The fraction of sp³-hybridized carbons (Fsp3) is 0.231. The van der Waals surface area contributed by atoms with Crippen LogP contribution in [0.4, 0.5) is 10.3 Å². The summed E-state index contributed by atoms with van der Waals surface area (Å²) < 4.78 is 15.9. The molecule has 4 nitrogen and oxygen atoms in total. The number of nitrogens with two attached hydrogens (primary N) is 1. The van der Waals surface area contributed by atoms with Gasteiger partial charge in [-0.25, -0.2) is 14.4 Å².